The van der Waals surface area contributed by atoms with E-state index in [2.05, 4.69) is 5.32 Å². The summed E-state index contributed by atoms with van der Waals surface area (Å²) in [6.07, 6.45) is -0.474. The van der Waals surface area contributed by atoms with Crippen LogP contribution >= 0.6 is 0 Å². The van der Waals surface area contributed by atoms with E-state index in [9.17, 15) is 35.6 Å². The molecule has 0 saturated carbocycles. The highest BCUT2D eigenvalue weighted by atomic mass is 32.2. The molecule has 0 fully saturated rings. The summed E-state index contributed by atoms with van der Waals surface area (Å²) in [6, 6.07) is 7.85. The lowest BCUT2D eigenvalue weighted by Gasteiger charge is -2.25. The van der Waals surface area contributed by atoms with Gasteiger partial charge in [-0.2, -0.15) is 0 Å². The van der Waals surface area contributed by atoms with Gasteiger partial charge in [-0.1, -0.05) is 18.2 Å². The Morgan fingerprint density at radius 1 is 0.917 bits per heavy atom. The van der Waals surface area contributed by atoms with E-state index in [1.54, 1.807) is 10.8 Å². The number of nitrogens with one attached hydrogen (secondary N) is 2. The van der Waals surface area contributed by atoms with E-state index in [0.29, 0.717) is 17.7 Å². The molecule has 0 aliphatic heterocycles. The minimum absolute atomic E-state index is 0.0408. The second kappa shape index (κ2) is 10.8. The van der Waals surface area contributed by atoms with Crippen molar-refractivity contribution in [3.8, 4) is 0 Å². The van der Waals surface area contributed by atoms with E-state index in [1.807, 2.05) is 0 Å². The summed E-state index contributed by atoms with van der Waals surface area (Å²) >= 11 is 0. The van der Waals surface area contributed by atoms with Crippen molar-refractivity contribution in [3.05, 3.63) is 95.1 Å². The third-order valence-electron chi connectivity index (χ3n) is 5.18. The molecule has 0 radical (unpaired) electrons. The van der Waals surface area contributed by atoms with Gasteiger partial charge in [0.2, 0.25) is 5.91 Å². The molecule has 12 heteroatoms. The maximum absolute atomic E-state index is 14.3. The van der Waals surface area contributed by atoms with E-state index < -0.39 is 57.7 Å². The van der Waals surface area contributed by atoms with E-state index in [-0.39, 0.29) is 16.1 Å². The molecule has 0 aromatic heterocycles. The molecule has 3 aromatic carbocycles. The van der Waals surface area contributed by atoms with E-state index in [4.69, 9.17) is 0 Å². The van der Waals surface area contributed by atoms with Gasteiger partial charge in [-0.15, -0.1) is 0 Å². The number of aryl methyl sites for hydroxylation is 1. The van der Waals surface area contributed by atoms with Gasteiger partial charge in [-0.3, -0.25) is 4.79 Å². The van der Waals surface area contributed by atoms with Crippen LogP contribution in [0.3, 0.4) is 0 Å². The van der Waals surface area contributed by atoms with Crippen LogP contribution in [0.15, 0.2) is 65.6 Å². The third-order valence-corrected chi connectivity index (χ3v) is 6.67. The predicted molar refractivity (Wildman–Crippen MR) is 124 cm³/mol. The van der Waals surface area contributed by atoms with Crippen LogP contribution < -0.4 is 14.9 Å². The Morgan fingerprint density at radius 2 is 1.56 bits per heavy atom. The lowest BCUT2D eigenvalue weighted by Crippen LogP contribution is -2.52. The van der Waals surface area contributed by atoms with Crippen LogP contribution in [-0.2, 0) is 21.2 Å². The fourth-order valence-electron chi connectivity index (χ4n) is 3.49. The quantitative estimate of drug-likeness (QED) is 0.461. The molecule has 190 valence electrons. The van der Waals surface area contributed by atoms with Crippen LogP contribution in [0, 0.1) is 30.2 Å². The molecular weight excluding hydrogens is 502 g/mol. The van der Waals surface area contributed by atoms with Crippen LogP contribution in [0.4, 0.5) is 28.0 Å². The predicted octanol–water partition coefficient (Wildman–Crippen LogP) is 3.81. The van der Waals surface area contributed by atoms with Gasteiger partial charge < -0.3 is 10.2 Å². The first-order chi connectivity index (χ1) is 16.9. The lowest BCUT2D eigenvalue weighted by atomic mass is 10.0. The molecule has 0 spiro atoms. The Balaban J connectivity index is 1.90. The number of amides is 3. The highest BCUT2D eigenvalue weighted by Crippen LogP contribution is 2.21. The smallest absolute Gasteiger partial charge is 0.325 e. The van der Waals surface area contributed by atoms with Crippen molar-refractivity contribution in [1.82, 2.24) is 10.0 Å². The molecule has 0 heterocycles. The molecule has 0 bridgehead atoms. The number of nitrogens with zero attached hydrogens (tertiary/aromatic N) is 1. The summed E-state index contributed by atoms with van der Waals surface area (Å²) in [6.45, 7) is 1.52. The number of carbonyl (C=O) groups is 2. The number of sulfonamides is 1. The first-order valence-electron chi connectivity index (χ1n) is 10.4. The van der Waals surface area contributed by atoms with Crippen molar-refractivity contribution in [2.45, 2.75) is 24.3 Å². The van der Waals surface area contributed by atoms with E-state index in [0.717, 1.165) is 36.2 Å². The second-order valence-electron chi connectivity index (χ2n) is 7.87. The molecule has 3 aromatic rings. The standard InChI is InChI=1S/C24H21F4N3O4S/c1-14-5-3-4-6-22(14)36(34,35)30-24(33)29-20(11-15-9-17(26)12-18(27)10-15)23(32)31(2)21-8-7-16(25)13-19(21)28/h3-10,12-13,20H,11H2,1-2H3,(H2,29,30,33)/t20-/m0/s1. The van der Waals surface area contributed by atoms with Crippen LogP contribution in [-0.4, -0.2) is 33.4 Å². The molecule has 1 atom stereocenters. The Kier molecular flexibility index (Phi) is 7.98. The molecular formula is C24H21F4N3O4S. The van der Waals surface area contributed by atoms with Gasteiger partial charge in [0.05, 0.1) is 10.6 Å². The van der Waals surface area contributed by atoms with Crippen LogP contribution in [0.1, 0.15) is 11.1 Å². The molecule has 0 aliphatic carbocycles. The number of benzene rings is 3. The molecule has 2 N–H and O–H groups in total. The average molecular weight is 524 g/mol. The summed E-state index contributed by atoms with van der Waals surface area (Å²) in [5.74, 6) is -4.81. The lowest BCUT2D eigenvalue weighted by molar-refractivity contribution is -0.120. The molecule has 3 amide bonds. The van der Waals surface area contributed by atoms with Gasteiger partial charge in [0.1, 0.15) is 29.3 Å². The molecule has 0 unspecified atom stereocenters. The number of rotatable bonds is 7. The van der Waals surface area contributed by atoms with Crippen molar-refractivity contribution in [1.29, 1.82) is 0 Å². The SMILES string of the molecule is Cc1ccccc1S(=O)(=O)NC(=O)N[C@@H](Cc1cc(F)cc(F)c1)C(=O)N(C)c1ccc(F)cc1F. The molecule has 3 rings (SSSR count). The summed E-state index contributed by atoms with van der Waals surface area (Å²) in [5.41, 5.74) is -0.0281. The third kappa shape index (κ3) is 6.39. The fraction of sp³-hybridized carbons (Fsp3) is 0.167. The van der Waals surface area contributed by atoms with Crippen molar-refractivity contribution in [2.75, 3.05) is 11.9 Å². The number of likely N-dealkylation sites (N-methyl/N-ethyl adjacent to an activating group) is 1. The summed E-state index contributed by atoms with van der Waals surface area (Å²) in [4.78, 5) is 26.4. The summed E-state index contributed by atoms with van der Waals surface area (Å²) in [7, 11) is -3.20. The van der Waals surface area contributed by atoms with Crippen molar-refractivity contribution in [3.63, 3.8) is 0 Å². The maximum Gasteiger partial charge on any atom is 0.329 e. The zero-order chi connectivity index (χ0) is 26.6. The van der Waals surface area contributed by atoms with Crippen molar-refractivity contribution < 1.29 is 35.6 Å². The molecule has 0 aliphatic rings. The van der Waals surface area contributed by atoms with Gasteiger partial charge in [0.15, 0.2) is 0 Å². The molecule has 7 nitrogen and oxygen atoms in total. The van der Waals surface area contributed by atoms with Crippen LogP contribution in [0.5, 0.6) is 0 Å². The van der Waals surface area contributed by atoms with Gasteiger partial charge in [0.25, 0.3) is 10.0 Å². The van der Waals surface area contributed by atoms with Gasteiger partial charge in [-0.25, -0.2) is 35.5 Å². The zero-order valence-corrected chi connectivity index (χ0v) is 19.9. The van der Waals surface area contributed by atoms with Gasteiger partial charge in [0, 0.05) is 25.6 Å². The minimum atomic E-state index is -4.34. The number of anilines is 1. The number of urea groups is 1. The number of hydrogen-bond acceptors (Lipinski definition) is 4. The minimum Gasteiger partial charge on any atom is -0.325 e. The highest BCUT2D eigenvalue weighted by Gasteiger charge is 2.29. The topological polar surface area (TPSA) is 95.6 Å². The summed E-state index contributed by atoms with van der Waals surface area (Å²) in [5, 5.41) is 2.17. The monoisotopic (exact) mass is 523 g/mol. The second-order valence-corrected chi connectivity index (χ2v) is 9.52. The van der Waals surface area contributed by atoms with E-state index in [1.165, 1.54) is 25.1 Å². The van der Waals surface area contributed by atoms with Gasteiger partial charge in [-0.05, 0) is 48.4 Å². The Morgan fingerprint density at radius 3 is 2.17 bits per heavy atom. The largest absolute Gasteiger partial charge is 0.329 e. The fourth-order valence-corrected chi connectivity index (χ4v) is 4.66. The van der Waals surface area contributed by atoms with E-state index >= 15 is 0 Å². The van der Waals surface area contributed by atoms with Crippen LogP contribution in [0.25, 0.3) is 0 Å². The summed E-state index contributed by atoms with van der Waals surface area (Å²) < 4.78 is 82.0. The Labute approximate surface area is 204 Å². The van der Waals surface area contributed by atoms with Gasteiger partial charge >= 0.3 is 6.03 Å². The first-order valence-corrected chi connectivity index (χ1v) is 11.9. The number of carbonyl (C=O) groups excluding carboxylic acids is 2. The Bertz CT molecular complexity index is 1400. The maximum atomic E-state index is 14.3. The Hall–Kier alpha value is -3.93. The highest BCUT2D eigenvalue weighted by molar-refractivity contribution is 7.90. The molecule has 0 saturated heterocycles. The normalized spacial score (nSPS) is 12.1. The number of halogens is 4. The first kappa shape index (κ1) is 26.7. The number of hydrogen-bond donors (Lipinski definition) is 2. The zero-order valence-electron chi connectivity index (χ0n) is 19.1. The average Bonchev–Trinajstić information content (AvgIpc) is 2.77. The van der Waals surface area contributed by atoms with Crippen LogP contribution in [0.2, 0.25) is 0 Å². The molecule has 36 heavy (non-hydrogen) atoms. The van der Waals surface area contributed by atoms with Crippen molar-refractivity contribution in [2.24, 2.45) is 0 Å². The van der Waals surface area contributed by atoms with Crippen molar-refractivity contribution >= 4 is 27.6 Å².